The molecule has 3 N–H and O–H groups in total. The van der Waals surface area contributed by atoms with Crippen LogP contribution in [-0.2, 0) is 0 Å². The van der Waals surface area contributed by atoms with Gasteiger partial charge in [-0.2, -0.15) is 5.10 Å². The Morgan fingerprint density at radius 3 is 2.52 bits per heavy atom. The van der Waals surface area contributed by atoms with Crippen molar-refractivity contribution in [3.8, 4) is 28.1 Å². The van der Waals surface area contributed by atoms with Crippen molar-refractivity contribution >= 4 is 5.82 Å². The average molecular weight is 280 g/mol. The summed E-state index contributed by atoms with van der Waals surface area (Å²) < 4.78 is 5.19. The summed E-state index contributed by atoms with van der Waals surface area (Å²) in [6, 6.07) is 11.6. The minimum absolute atomic E-state index is 0.494. The number of nitrogens with zero attached hydrogens (tertiary/aromatic N) is 2. The van der Waals surface area contributed by atoms with Gasteiger partial charge < -0.3 is 10.5 Å². The van der Waals surface area contributed by atoms with Gasteiger partial charge >= 0.3 is 0 Å². The second-order valence-corrected chi connectivity index (χ2v) is 4.77. The summed E-state index contributed by atoms with van der Waals surface area (Å²) >= 11 is 0. The molecular weight excluding hydrogens is 264 g/mol. The van der Waals surface area contributed by atoms with Gasteiger partial charge in [-0.05, 0) is 48.9 Å². The number of nitrogens with one attached hydrogen (secondary N) is 1. The van der Waals surface area contributed by atoms with Crippen molar-refractivity contribution in [2.24, 2.45) is 0 Å². The fourth-order valence-corrected chi connectivity index (χ4v) is 2.34. The number of nitrogens with two attached hydrogens (primary N) is 1. The number of aromatic nitrogens is 3. The van der Waals surface area contributed by atoms with Crippen LogP contribution in [0.5, 0.6) is 5.75 Å². The summed E-state index contributed by atoms with van der Waals surface area (Å²) in [7, 11) is 1.65. The van der Waals surface area contributed by atoms with Crippen molar-refractivity contribution in [3.05, 3.63) is 48.3 Å². The Hall–Kier alpha value is -2.82. The van der Waals surface area contributed by atoms with E-state index in [9.17, 15) is 0 Å². The summed E-state index contributed by atoms with van der Waals surface area (Å²) in [5.41, 5.74) is 10.7. The maximum Gasteiger partial charge on any atom is 0.123 e. The zero-order chi connectivity index (χ0) is 14.8. The maximum absolute atomic E-state index is 5.78. The van der Waals surface area contributed by atoms with Crippen molar-refractivity contribution < 1.29 is 4.74 Å². The van der Waals surface area contributed by atoms with Crippen LogP contribution in [0.4, 0.5) is 5.82 Å². The molecule has 2 aromatic heterocycles. The Bertz CT molecular complexity index is 762. The lowest BCUT2D eigenvalue weighted by molar-refractivity contribution is 0.415. The first-order chi connectivity index (χ1) is 10.2. The van der Waals surface area contributed by atoms with E-state index in [0.29, 0.717) is 5.82 Å². The second-order valence-electron chi connectivity index (χ2n) is 4.77. The number of pyridine rings is 1. The van der Waals surface area contributed by atoms with Crippen LogP contribution in [0.25, 0.3) is 22.4 Å². The molecule has 2 heterocycles. The van der Waals surface area contributed by atoms with Crippen LogP contribution < -0.4 is 10.5 Å². The Kier molecular flexibility index (Phi) is 3.31. The van der Waals surface area contributed by atoms with E-state index in [1.165, 1.54) is 0 Å². The molecule has 3 rings (SSSR count). The molecule has 0 aliphatic heterocycles. The highest BCUT2D eigenvalue weighted by molar-refractivity contribution is 5.83. The van der Waals surface area contributed by atoms with Gasteiger partial charge in [0.25, 0.3) is 0 Å². The van der Waals surface area contributed by atoms with Gasteiger partial charge in [-0.3, -0.25) is 5.10 Å². The number of hydrogen-bond donors (Lipinski definition) is 2. The summed E-state index contributed by atoms with van der Waals surface area (Å²) in [5, 5.41) is 7.46. The quantitative estimate of drug-likeness (QED) is 0.773. The van der Waals surface area contributed by atoms with Crippen LogP contribution >= 0.6 is 0 Å². The lowest BCUT2D eigenvalue weighted by Crippen LogP contribution is -1.91. The van der Waals surface area contributed by atoms with E-state index < -0.39 is 0 Å². The van der Waals surface area contributed by atoms with E-state index in [1.54, 1.807) is 13.3 Å². The molecule has 1 aromatic carbocycles. The SMILES string of the molecule is COc1ccc(-c2n[nH]c(C)c2-c2ccnc(N)c2)cc1. The van der Waals surface area contributed by atoms with Gasteiger partial charge in [-0.1, -0.05) is 0 Å². The van der Waals surface area contributed by atoms with Crippen molar-refractivity contribution in [3.63, 3.8) is 0 Å². The van der Waals surface area contributed by atoms with E-state index in [1.807, 2.05) is 43.3 Å². The molecular formula is C16H16N4O. The number of nitrogen functional groups attached to an aromatic ring is 1. The van der Waals surface area contributed by atoms with Gasteiger partial charge in [0, 0.05) is 23.0 Å². The largest absolute Gasteiger partial charge is 0.497 e. The lowest BCUT2D eigenvalue weighted by Gasteiger charge is -2.06. The molecule has 5 heteroatoms. The van der Waals surface area contributed by atoms with E-state index in [4.69, 9.17) is 10.5 Å². The zero-order valence-electron chi connectivity index (χ0n) is 11.9. The van der Waals surface area contributed by atoms with Crippen molar-refractivity contribution in [1.29, 1.82) is 0 Å². The number of hydrogen-bond acceptors (Lipinski definition) is 4. The molecule has 0 bridgehead atoms. The van der Waals surface area contributed by atoms with Crippen LogP contribution in [0.15, 0.2) is 42.6 Å². The van der Waals surface area contributed by atoms with Gasteiger partial charge in [0.05, 0.1) is 7.11 Å². The molecule has 0 radical (unpaired) electrons. The standard InChI is InChI=1S/C16H16N4O/c1-10-15(12-7-8-18-14(17)9-12)16(20-19-10)11-3-5-13(21-2)6-4-11/h3-9H,1-2H3,(H2,17,18)(H,19,20). The van der Waals surface area contributed by atoms with Gasteiger partial charge in [-0.15, -0.1) is 0 Å². The number of methoxy groups -OCH3 is 1. The number of benzene rings is 1. The number of rotatable bonds is 3. The normalized spacial score (nSPS) is 10.6. The van der Waals surface area contributed by atoms with Crippen LogP contribution in [0.2, 0.25) is 0 Å². The van der Waals surface area contributed by atoms with Crippen LogP contribution in [-0.4, -0.2) is 22.3 Å². The van der Waals surface area contributed by atoms with E-state index >= 15 is 0 Å². The van der Waals surface area contributed by atoms with Crippen LogP contribution in [0.3, 0.4) is 0 Å². The monoisotopic (exact) mass is 280 g/mol. The van der Waals surface area contributed by atoms with Crippen molar-refractivity contribution in [2.75, 3.05) is 12.8 Å². The molecule has 21 heavy (non-hydrogen) atoms. The minimum Gasteiger partial charge on any atom is -0.497 e. The molecule has 0 saturated carbocycles. The molecule has 0 saturated heterocycles. The van der Waals surface area contributed by atoms with Crippen LogP contribution in [0.1, 0.15) is 5.69 Å². The first-order valence-corrected chi connectivity index (χ1v) is 6.60. The number of aryl methyl sites for hydroxylation is 1. The fourth-order valence-electron chi connectivity index (χ4n) is 2.34. The summed E-state index contributed by atoms with van der Waals surface area (Å²) in [5.74, 6) is 1.31. The smallest absolute Gasteiger partial charge is 0.123 e. The molecule has 0 atom stereocenters. The third-order valence-corrected chi connectivity index (χ3v) is 3.38. The van der Waals surface area contributed by atoms with E-state index in [-0.39, 0.29) is 0 Å². The first kappa shape index (κ1) is 13.2. The second kappa shape index (κ2) is 5.28. The number of H-pyrrole nitrogens is 1. The average Bonchev–Trinajstić information content (AvgIpc) is 2.89. The molecule has 0 spiro atoms. The molecule has 106 valence electrons. The Morgan fingerprint density at radius 1 is 1.10 bits per heavy atom. The highest BCUT2D eigenvalue weighted by Crippen LogP contribution is 2.33. The molecule has 3 aromatic rings. The van der Waals surface area contributed by atoms with Crippen molar-refractivity contribution in [2.45, 2.75) is 6.92 Å². The van der Waals surface area contributed by atoms with Crippen molar-refractivity contribution in [1.82, 2.24) is 15.2 Å². The van der Waals surface area contributed by atoms with Gasteiger partial charge in [0.2, 0.25) is 0 Å². The molecule has 0 amide bonds. The van der Waals surface area contributed by atoms with Gasteiger partial charge in [-0.25, -0.2) is 4.98 Å². The topological polar surface area (TPSA) is 76.8 Å². The number of anilines is 1. The summed E-state index contributed by atoms with van der Waals surface area (Å²) in [6.45, 7) is 1.99. The Labute approximate surface area is 122 Å². The Morgan fingerprint density at radius 2 is 1.86 bits per heavy atom. The summed E-state index contributed by atoms with van der Waals surface area (Å²) in [6.07, 6.45) is 1.70. The van der Waals surface area contributed by atoms with E-state index in [2.05, 4.69) is 15.2 Å². The molecule has 0 unspecified atom stereocenters. The fraction of sp³-hybridized carbons (Fsp3) is 0.125. The molecule has 0 fully saturated rings. The highest BCUT2D eigenvalue weighted by atomic mass is 16.5. The molecule has 0 aliphatic carbocycles. The van der Waals surface area contributed by atoms with E-state index in [0.717, 1.165) is 33.8 Å². The maximum atomic E-state index is 5.78. The summed E-state index contributed by atoms with van der Waals surface area (Å²) in [4.78, 5) is 4.04. The predicted octanol–water partition coefficient (Wildman–Crippen LogP) is 3.04. The third-order valence-electron chi connectivity index (χ3n) is 3.38. The minimum atomic E-state index is 0.494. The number of ether oxygens (including phenoxy) is 1. The number of aromatic amines is 1. The zero-order valence-corrected chi connectivity index (χ0v) is 11.9. The van der Waals surface area contributed by atoms with Crippen LogP contribution in [0, 0.1) is 6.92 Å². The first-order valence-electron chi connectivity index (χ1n) is 6.60. The van der Waals surface area contributed by atoms with Gasteiger partial charge in [0.15, 0.2) is 0 Å². The molecule has 0 aliphatic rings. The molecule has 5 nitrogen and oxygen atoms in total. The Balaban J connectivity index is 2.12. The van der Waals surface area contributed by atoms with Gasteiger partial charge in [0.1, 0.15) is 17.3 Å². The predicted molar refractivity (Wildman–Crippen MR) is 83.0 cm³/mol. The lowest BCUT2D eigenvalue weighted by atomic mass is 10.00. The third kappa shape index (κ3) is 2.45. The highest BCUT2D eigenvalue weighted by Gasteiger charge is 2.14.